The second kappa shape index (κ2) is 5.82. The summed E-state index contributed by atoms with van der Waals surface area (Å²) in [5.41, 5.74) is 0.978. The van der Waals surface area contributed by atoms with Gasteiger partial charge < -0.3 is 9.84 Å². The average Bonchev–Trinajstić information content (AvgIpc) is 2.38. The zero-order chi connectivity index (χ0) is 12.1. The normalized spacial score (nSPS) is 24.3. The fraction of sp³-hybridized carbons (Fsp3) is 0.500. The molecule has 0 amide bonds. The first kappa shape index (κ1) is 12.1. The van der Waals surface area contributed by atoms with Crippen LogP contribution in [0.25, 0.3) is 0 Å². The lowest BCUT2D eigenvalue weighted by Crippen LogP contribution is -2.32. The van der Waals surface area contributed by atoms with Gasteiger partial charge in [-0.15, -0.1) is 0 Å². The second-order valence-electron chi connectivity index (χ2n) is 4.55. The predicted molar refractivity (Wildman–Crippen MR) is 64.2 cm³/mol. The fourth-order valence-corrected chi connectivity index (χ4v) is 2.22. The van der Waals surface area contributed by atoms with Crippen molar-refractivity contribution in [2.75, 3.05) is 0 Å². The molecule has 1 aliphatic rings. The molecule has 1 aromatic carbocycles. The summed E-state index contributed by atoms with van der Waals surface area (Å²) < 4.78 is 5.24. The Balaban J connectivity index is 1.84. The molecular weight excluding hydrogens is 216 g/mol. The number of hydrogen-bond acceptors (Lipinski definition) is 3. The van der Waals surface area contributed by atoms with Crippen LogP contribution in [0.2, 0.25) is 0 Å². The van der Waals surface area contributed by atoms with E-state index in [9.17, 15) is 9.90 Å². The van der Waals surface area contributed by atoms with Gasteiger partial charge in [0.15, 0.2) is 0 Å². The first-order valence-corrected chi connectivity index (χ1v) is 6.16. The second-order valence-corrected chi connectivity index (χ2v) is 4.55. The molecule has 1 N–H and O–H groups in total. The summed E-state index contributed by atoms with van der Waals surface area (Å²) in [6, 6.07) is 9.60. The van der Waals surface area contributed by atoms with Crippen molar-refractivity contribution in [3.8, 4) is 0 Å². The molecule has 0 aliphatic heterocycles. The summed E-state index contributed by atoms with van der Waals surface area (Å²) in [6.45, 7) is 0.295. The van der Waals surface area contributed by atoms with E-state index in [2.05, 4.69) is 0 Å². The SMILES string of the molecule is O=C(OCc1ccccc1)C1CCCCC1O. The topological polar surface area (TPSA) is 46.5 Å². The number of hydrogen-bond donors (Lipinski definition) is 1. The van der Waals surface area contributed by atoms with Gasteiger partial charge in [-0.1, -0.05) is 43.2 Å². The van der Waals surface area contributed by atoms with Gasteiger partial charge in [0.1, 0.15) is 6.61 Å². The molecular formula is C14H18O3. The molecule has 92 valence electrons. The van der Waals surface area contributed by atoms with Crippen LogP contribution in [0.4, 0.5) is 0 Å². The van der Waals surface area contributed by atoms with E-state index in [1.54, 1.807) is 0 Å². The van der Waals surface area contributed by atoms with Gasteiger partial charge in [0.2, 0.25) is 0 Å². The van der Waals surface area contributed by atoms with Crippen LogP contribution in [0.15, 0.2) is 30.3 Å². The first-order valence-electron chi connectivity index (χ1n) is 6.16. The van der Waals surface area contributed by atoms with Crippen molar-refractivity contribution in [2.45, 2.75) is 38.4 Å². The fourth-order valence-electron chi connectivity index (χ4n) is 2.22. The Labute approximate surface area is 101 Å². The highest BCUT2D eigenvalue weighted by atomic mass is 16.5. The van der Waals surface area contributed by atoms with Crippen LogP contribution in [0.5, 0.6) is 0 Å². The molecule has 1 aromatic rings. The molecule has 0 aromatic heterocycles. The molecule has 2 rings (SSSR count). The minimum atomic E-state index is -0.521. The molecule has 1 fully saturated rings. The highest BCUT2D eigenvalue weighted by molar-refractivity contribution is 5.73. The van der Waals surface area contributed by atoms with Crippen LogP contribution in [-0.2, 0) is 16.1 Å². The summed E-state index contributed by atoms with van der Waals surface area (Å²) in [6.07, 6.45) is 2.94. The maximum atomic E-state index is 11.8. The van der Waals surface area contributed by atoms with Gasteiger partial charge in [0.05, 0.1) is 12.0 Å². The molecule has 17 heavy (non-hydrogen) atoms. The molecule has 0 spiro atoms. The van der Waals surface area contributed by atoms with Crippen molar-refractivity contribution in [3.05, 3.63) is 35.9 Å². The van der Waals surface area contributed by atoms with E-state index in [0.717, 1.165) is 24.8 Å². The van der Waals surface area contributed by atoms with Crippen LogP contribution in [0.1, 0.15) is 31.2 Å². The Hall–Kier alpha value is -1.35. The number of esters is 1. The van der Waals surface area contributed by atoms with E-state index in [1.807, 2.05) is 30.3 Å². The quantitative estimate of drug-likeness (QED) is 0.816. The standard InChI is InChI=1S/C14H18O3/c15-13-9-5-4-8-12(13)14(16)17-10-11-6-2-1-3-7-11/h1-3,6-7,12-13,15H,4-5,8-10H2. The average molecular weight is 234 g/mol. The Bertz CT molecular complexity index is 361. The summed E-state index contributed by atoms with van der Waals surface area (Å²) in [5, 5.41) is 9.74. The summed E-state index contributed by atoms with van der Waals surface area (Å²) in [4.78, 5) is 11.8. The third-order valence-electron chi connectivity index (χ3n) is 3.26. The van der Waals surface area contributed by atoms with Crippen LogP contribution in [-0.4, -0.2) is 17.2 Å². The van der Waals surface area contributed by atoms with Crippen molar-refractivity contribution in [3.63, 3.8) is 0 Å². The Morgan fingerprint density at radius 2 is 1.94 bits per heavy atom. The number of carbonyl (C=O) groups excluding carboxylic acids is 1. The van der Waals surface area contributed by atoms with E-state index >= 15 is 0 Å². The largest absolute Gasteiger partial charge is 0.461 e. The van der Waals surface area contributed by atoms with Gasteiger partial charge in [-0.05, 0) is 18.4 Å². The van der Waals surface area contributed by atoms with Crippen LogP contribution in [0, 0.1) is 5.92 Å². The third-order valence-corrected chi connectivity index (χ3v) is 3.26. The number of aliphatic hydroxyl groups excluding tert-OH is 1. The lowest BCUT2D eigenvalue weighted by molar-refractivity contribution is -0.155. The van der Waals surface area contributed by atoms with Crippen LogP contribution < -0.4 is 0 Å². The van der Waals surface area contributed by atoms with Crippen LogP contribution >= 0.6 is 0 Å². The zero-order valence-electron chi connectivity index (χ0n) is 9.84. The zero-order valence-corrected chi connectivity index (χ0v) is 9.84. The lowest BCUT2D eigenvalue weighted by atomic mass is 9.87. The molecule has 2 atom stereocenters. The lowest BCUT2D eigenvalue weighted by Gasteiger charge is -2.25. The van der Waals surface area contributed by atoms with Gasteiger partial charge in [0.25, 0.3) is 0 Å². The Morgan fingerprint density at radius 1 is 1.24 bits per heavy atom. The third kappa shape index (κ3) is 3.30. The smallest absolute Gasteiger partial charge is 0.311 e. The van der Waals surface area contributed by atoms with Crippen molar-refractivity contribution in [1.29, 1.82) is 0 Å². The molecule has 0 radical (unpaired) electrons. The van der Waals surface area contributed by atoms with Crippen molar-refractivity contribution < 1.29 is 14.6 Å². The van der Waals surface area contributed by atoms with Crippen LogP contribution in [0.3, 0.4) is 0 Å². The number of benzene rings is 1. The van der Waals surface area contributed by atoms with Crippen molar-refractivity contribution in [1.82, 2.24) is 0 Å². The highest BCUT2D eigenvalue weighted by Crippen LogP contribution is 2.25. The number of rotatable bonds is 3. The Kier molecular flexibility index (Phi) is 4.15. The maximum absolute atomic E-state index is 11.8. The van der Waals surface area contributed by atoms with E-state index in [4.69, 9.17) is 4.74 Å². The summed E-state index contributed by atoms with van der Waals surface area (Å²) >= 11 is 0. The minimum Gasteiger partial charge on any atom is -0.461 e. The predicted octanol–water partition coefficient (Wildman–Crippen LogP) is 2.28. The van der Waals surface area contributed by atoms with Crippen molar-refractivity contribution in [2.24, 2.45) is 5.92 Å². The van der Waals surface area contributed by atoms with Crippen molar-refractivity contribution >= 4 is 5.97 Å². The molecule has 1 saturated carbocycles. The van der Waals surface area contributed by atoms with E-state index < -0.39 is 6.10 Å². The van der Waals surface area contributed by atoms with Gasteiger partial charge in [-0.3, -0.25) is 4.79 Å². The summed E-state index contributed by atoms with van der Waals surface area (Å²) in [7, 11) is 0. The molecule has 3 heteroatoms. The number of carbonyl (C=O) groups is 1. The molecule has 1 aliphatic carbocycles. The maximum Gasteiger partial charge on any atom is 0.311 e. The van der Waals surface area contributed by atoms with E-state index in [0.29, 0.717) is 13.0 Å². The number of aliphatic hydroxyl groups is 1. The molecule has 0 bridgehead atoms. The summed E-state index contributed by atoms with van der Waals surface area (Å²) in [5.74, 6) is -0.589. The first-order chi connectivity index (χ1) is 8.27. The Morgan fingerprint density at radius 3 is 2.65 bits per heavy atom. The van der Waals surface area contributed by atoms with Gasteiger partial charge in [-0.25, -0.2) is 0 Å². The molecule has 2 unspecified atom stereocenters. The van der Waals surface area contributed by atoms with Gasteiger partial charge in [-0.2, -0.15) is 0 Å². The highest BCUT2D eigenvalue weighted by Gasteiger charge is 2.30. The number of ether oxygens (including phenoxy) is 1. The van der Waals surface area contributed by atoms with E-state index in [1.165, 1.54) is 0 Å². The molecule has 3 nitrogen and oxygen atoms in total. The van der Waals surface area contributed by atoms with E-state index in [-0.39, 0.29) is 11.9 Å². The molecule has 0 heterocycles. The minimum absolute atomic E-state index is 0.263. The van der Waals surface area contributed by atoms with Gasteiger partial charge >= 0.3 is 5.97 Å². The molecule has 0 saturated heterocycles. The monoisotopic (exact) mass is 234 g/mol. The van der Waals surface area contributed by atoms with Gasteiger partial charge in [0, 0.05) is 0 Å².